The standard InChI is InChI=1S/C10H20N2O3S.CH4O3S/c1-2-3-5-11-7-8-12(10-11)6-4-9-16(13,14)15;1-5(2,3)4/h7-8H,2-6,9-10H2,1H3,(H,13,14,15);1H3,(H,2,3,4). The van der Waals surface area contributed by atoms with Gasteiger partial charge in [0.25, 0.3) is 20.2 Å². The van der Waals surface area contributed by atoms with Crippen LogP contribution in [-0.2, 0) is 20.2 Å². The molecule has 0 aromatic heterocycles. The normalized spacial score (nSPS) is 15.0. The Hall–Kier alpha value is -0.840. The second-order valence-electron chi connectivity index (χ2n) is 4.79. The third-order valence-corrected chi connectivity index (χ3v) is 3.30. The molecule has 10 heteroatoms. The largest absolute Gasteiger partial charge is 0.359 e. The van der Waals surface area contributed by atoms with Crippen molar-refractivity contribution in [2.24, 2.45) is 0 Å². The lowest BCUT2D eigenvalue weighted by Gasteiger charge is -2.20. The minimum atomic E-state index is -3.81. The Morgan fingerprint density at radius 1 is 1.00 bits per heavy atom. The zero-order valence-electron chi connectivity index (χ0n) is 12.3. The van der Waals surface area contributed by atoms with E-state index >= 15 is 0 Å². The van der Waals surface area contributed by atoms with Crippen LogP contribution in [0.15, 0.2) is 12.4 Å². The lowest BCUT2D eigenvalue weighted by Crippen LogP contribution is -2.27. The van der Waals surface area contributed by atoms with Gasteiger partial charge in [0.2, 0.25) is 0 Å². The molecule has 0 amide bonds. The first-order valence-electron chi connectivity index (χ1n) is 6.55. The molecule has 1 aliphatic heterocycles. The highest BCUT2D eigenvalue weighted by Gasteiger charge is 2.12. The van der Waals surface area contributed by atoms with E-state index in [-0.39, 0.29) is 5.75 Å². The van der Waals surface area contributed by atoms with Gasteiger partial charge in [0, 0.05) is 25.5 Å². The number of unbranched alkanes of at least 4 members (excludes halogenated alkanes) is 1. The summed E-state index contributed by atoms with van der Waals surface area (Å²) in [6, 6.07) is 0. The SMILES string of the molecule is CCCCN1C=CN(CCCS(=O)(=O)O)C1.CS(=O)(=O)O. The first kappa shape index (κ1) is 20.2. The van der Waals surface area contributed by atoms with E-state index < -0.39 is 20.2 Å². The lowest BCUT2D eigenvalue weighted by atomic mass is 10.3. The van der Waals surface area contributed by atoms with Crippen LogP contribution in [0, 0.1) is 0 Å². The predicted octanol–water partition coefficient (Wildman–Crippen LogP) is 0.615. The van der Waals surface area contributed by atoms with Crippen LogP contribution in [0.1, 0.15) is 26.2 Å². The maximum absolute atomic E-state index is 10.5. The minimum absolute atomic E-state index is 0.160. The van der Waals surface area contributed by atoms with E-state index in [4.69, 9.17) is 9.11 Å². The molecule has 126 valence electrons. The van der Waals surface area contributed by atoms with Crippen LogP contribution in [0.3, 0.4) is 0 Å². The molecule has 0 fully saturated rings. The maximum Gasteiger partial charge on any atom is 0.264 e. The molecule has 0 aromatic rings. The molecule has 0 atom stereocenters. The highest BCUT2D eigenvalue weighted by molar-refractivity contribution is 7.85. The van der Waals surface area contributed by atoms with Gasteiger partial charge in [-0.05, 0) is 12.8 Å². The third kappa shape index (κ3) is 15.4. The van der Waals surface area contributed by atoms with Crippen LogP contribution in [0.5, 0.6) is 0 Å². The molecule has 1 aliphatic rings. The zero-order valence-corrected chi connectivity index (χ0v) is 14.0. The number of hydrogen-bond acceptors (Lipinski definition) is 6. The molecule has 0 saturated heterocycles. The highest BCUT2D eigenvalue weighted by Crippen LogP contribution is 2.08. The summed E-state index contributed by atoms with van der Waals surface area (Å²) in [5, 5.41) is 0. The van der Waals surface area contributed by atoms with Crippen molar-refractivity contribution < 1.29 is 25.9 Å². The van der Waals surface area contributed by atoms with E-state index in [2.05, 4.69) is 16.7 Å². The van der Waals surface area contributed by atoms with E-state index in [1.165, 1.54) is 12.8 Å². The molecule has 0 aliphatic carbocycles. The van der Waals surface area contributed by atoms with Gasteiger partial charge in [-0.25, -0.2) is 0 Å². The third-order valence-electron chi connectivity index (χ3n) is 2.50. The molecular formula is C11H24N2O6S2. The summed E-state index contributed by atoms with van der Waals surface area (Å²) < 4.78 is 55.5. The van der Waals surface area contributed by atoms with Crippen molar-refractivity contribution in [3.05, 3.63) is 12.4 Å². The molecule has 0 bridgehead atoms. The topological polar surface area (TPSA) is 115 Å². The molecule has 21 heavy (non-hydrogen) atoms. The van der Waals surface area contributed by atoms with E-state index in [1.807, 2.05) is 12.4 Å². The van der Waals surface area contributed by atoms with Crippen molar-refractivity contribution >= 4 is 20.2 Å². The summed E-state index contributed by atoms with van der Waals surface area (Å²) in [4.78, 5) is 4.26. The summed E-state index contributed by atoms with van der Waals surface area (Å²) >= 11 is 0. The van der Waals surface area contributed by atoms with Gasteiger partial charge in [-0.15, -0.1) is 0 Å². The Labute approximate surface area is 126 Å². The highest BCUT2D eigenvalue weighted by atomic mass is 32.2. The first-order valence-corrected chi connectivity index (χ1v) is 10.0. The number of rotatable bonds is 7. The number of nitrogens with zero attached hydrogens (tertiary/aromatic N) is 2. The predicted molar refractivity (Wildman–Crippen MR) is 80.8 cm³/mol. The summed E-state index contributed by atoms with van der Waals surface area (Å²) in [6.07, 6.45) is 7.52. The van der Waals surface area contributed by atoms with Crippen LogP contribution >= 0.6 is 0 Å². The zero-order chi connectivity index (χ0) is 16.5. The number of hydrogen-bond donors (Lipinski definition) is 2. The summed E-state index contributed by atoms with van der Waals surface area (Å²) in [5.74, 6) is -0.160. The monoisotopic (exact) mass is 344 g/mol. The van der Waals surface area contributed by atoms with Gasteiger partial charge in [0.05, 0.1) is 18.7 Å². The van der Waals surface area contributed by atoms with E-state index in [0.717, 1.165) is 13.2 Å². The van der Waals surface area contributed by atoms with Gasteiger partial charge in [-0.3, -0.25) is 9.11 Å². The second-order valence-corrected chi connectivity index (χ2v) is 7.83. The molecular weight excluding hydrogens is 320 g/mol. The first-order chi connectivity index (χ1) is 9.51. The fourth-order valence-electron chi connectivity index (χ4n) is 1.62. The fraction of sp³-hybridized carbons (Fsp3) is 0.818. The van der Waals surface area contributed by atoms with Gasteiger partial charge in [0.1, 0.15) is 0 Å². The van der Waals surface area contributed by atoms with Crippen molar-refractivity contribution in [3.8, 4) is 0 Å². The van der Waals surface area contributed by atoms with E-state index in [0.29, 0.717) is 19.2 Å². The van der Waals surface area contributed by atoms with Gasteiger partial charge in [-0.1, -0.05) is 13.3 Å². The van der Waals surface area contributed by atoms with Crippen LogP contribution in [0.4, 0.5) is 0 Å². The average molecular weight is 344 g/mol. The Morgan fingerprint density at radius 3 is 1.81 bits per heavy atom. The van der Waals surface area contributed by atoms with Crippen molar-refractivity contribution in [1.82, 2.24) is 9.80 Å². The molecule has 0 unspecified atom stereocenters. The summed E-state index contributed by atoms with van der Waals surface area (Å²) in [6.45, 7) is 4.69. The van der Waals surface area contributed by atoms with Crippen LogP contribution < -0.4 is 0 Å². The van der Waals surface area contributed by atoms with Crippen molar-refractivity contribution in [2.45, 2.75) is 26.2 Å². The quantitative estimate of drug-likeness (QED) is 0.646. The molecule has 0 saturated carbocycles. The van der Waals surface area contributed by atoms with E-state index in [9.17, 15) is 16.8 Å². The average Bonchev–Trinajstić information content (AvgIpc) is 2.70. The lowest BCUT2D eigenvalue weighted by molar-refractivity contribution is 0.262. The summed E-state index contributed by atoms with van der Waals surface area (Å²) in [7, 11) is -7.47. The molecule has 2 N–H and O–H groups in total. The fourth-order valence-corrected chi connectivity index (χ4v) is 2.11. The Balaban J connectivity index is 0.000000690. The second kappa shape index (κ2) is 9.23. The molecule has 0 spiro atoms. The van der Waals surface area contributed by atoms with Crippen LogP contribution in [0.2, 0.25) is 0 Å². The molecule has 0 radical (unpaired) electrons. The van der Waals surface area contributed by atoms with Gasteiger partial charge in [0.15, 0.2) is 0 Å². The maximum atomic E-state index is 10.5. The molecule has 1 heterocycles. The van der Waals surface area contributed by atoms with Crippen molar-refractivity contribution in [1.29, 1.82) is 0 Å². The Morgan fingerprint density at radius 2 is 1.43 bits per heavy atom. The Bertz CT molecular complexity index is 507. The van der Waals surface area contributed by atoms with Gasteiger partial charge >= 0.3 is 0 Å². The van der Waals surface area contributed by atoms with Crippen LogP contribution in [0.25, 0.3) is 0 Å². The van der Waals surface area contributed by atoms with Gasteiger partial charge < -0.3 is 9.80 Å². The Kier molecular flexibility index (Phi) is 8.86. The molecule has 1 rings (SSSR count). The van der Waals surface area contributed by atoms with Crippen molar-refractivity contribution in [2.75, 3.05) is 31.8 Å². The van der Waals surface area contributed by atoms with Gasteiger partial charge in [-0.2, -0.15) is 16.8 Å². The minimum Gasteiger partial charge on any atom is -0.359 e. The molecule has 0 aromatic carbocycles. The van der Waals surface area contributed by atoms with E-state index in [1.54, 1.807) is 0 Å². The van der Waals surface area contributed by atoms with Crippen molar-refractivity contribution in [3.63, 3.8) is 0 Å². The smallest absolute Gasteiger partial charge is 0.264 e. The summed E-state index contributed by atoms with van der Waals surface area (Å²) in [5.41, 5.74) is 0. The molecule has 8 nitrogen and oxygen atoms in total. The van der Waals surface area contributed by atoms with Crippen LogP contribution in [-0.4, -0.2) is 67.5 Å².